The fourth-order valence-corrected chi connectivity index (χ4v) is 2.90. The summed E-state index contributed by atoms with van der Waals surface area (Å²) in [5.41, 5.74) is 1.77. The smallest absolute Gasteiger partial charge is 0.277 e. The van der Waals surface area contributed by atoms with E-state index in [1.165, 1.54) is 23.9 Å². The third-order valence-electron chi connectivity index (χ3n) is 3.52. The Balaban J connectivity index is 1.37. The molecule has 2 aromatic heterocycles. The highest BCUT2D eigenvalue weighted by atomic mass is 32.2. The molecular weight excluding hydrogens is 355 g/mol. The van der Waals surface area contributed by atoms with Gasteiger partial charge in [0.1, 0.15) is 5.82 Å². The molecule has 0 saturated heterocycles. The lowest BCUT2D eigenvalue weighted by Crippen LogP contribution is -1.87. The molecular formula is C18H13FN4O2S. The second-order valence-electron chi connectivity index (χ2n) is 5.42. The molecule has 0 unspecified atom stereocenters. The lowest BCUT2D eigenvalue weighted by molar-refractivity contribution is 0.419. The number of rotatable bonds is 6. The predicted molar refractivity (Wildman–Crippen MR) is 92.8 cm³/mol. The molecule has 8 heteroatoms. The van der Waals surface area contributed by atoms with Crippen molar-refractivity contribution in [1.82, 2.24) is 20.4 Å². The summed E-state index contributed by atoms with van der Waals surface area (Å²) < 4.78 is 24.2. The van der Waals surface area contributed by atoms with Crippen molar-refractivity contribution >= 4 is 11.8 Å². The molecule has 0 amide bonds. The summed E-state index contributed by atoms with van der Waals surface area (Å²) in [6, 6.07) is 15.8. The maximum Gasteiger partial charge on any atom is 0.277 e. The van der Waals surface area contributed by atoms with Gasteiger partial charge in [-0.3, -0.25) is 0 Å². The molecule has 130 valence electrons. The highest BCUT2D eigenvalue weighted by Gasteiger charge is 2.12. The van der Waals surface area contributed by atoms with Crippen LogP contribution in [0.25, 0.3) is 11.5 Å². The Kier molecular flexibility index (Phi) is 4.74. The van der Waals surface area contributed by atoms with Crippen LogP contribution in [-0.4, -0.2) is 20.4 Å². The Hall–Kier alpha value is -3.00. The Morgan fingerprint density at radius 3 is 2.38 bits per heavy atom. The van der Waals surface area contributed by atoms with Crippen molar-refractivity contribution in [1.29, 1.82) is 0 Å². The van der Waals surface area contributed by atoms with E-state index in [2.05, 4.69) is 20.4 Å². The Bertz CT molecular complexity index is 986. The average molecular weight is 368 g/mol. The van der Waals surface area contributed by atoms with Gasteiger partial charge >= 0.3 is 0 Å². The van der Waals surface area contributed by atoms with E-state index >= 15 is 0 Å². The molecule has 0 saturated carbocycles. The molecule has 2 aromatic carbocycles. The maximum absolute atomic E-state index is 13.0. The van der Waals surface area contributed by atoms with E-state index in [4.69, 9.17) is 8.83 Å². The first kappa shape index (κ1) is 16.5. The first-order chi connectivity index (χ1) is 12.8. The van der Waals surface area contributed by atoms with Crippen molar-refractivity contribution in [2.75, 3.05) is 0 Å². The van der Waals surface area contributed by atoms with Crippen LogP contribution >= 0.6 is 11.8 Å². The van der Waals surface area contributed by atoms with Gasteiger partial charge in [0, 0.05) is 5.56 Å². The second-order valence-corrected chi connectivity index (χ2v) is 6.35. The molecule has 2 heterocycles. The minimum absolute atomic E-state index is 0.313. The van der Waals surface area contributed by atoms with Gasteiger partial charge in [-0.2, -0.15) is 0 Å². The number of hydrogen-bond donors (Lipinski definition) is 0. The van der Waals surface area contributed by atoms with Crippen LogP contribution in [0.15, 0.2) is 68.7 Å². The molecule has 4 rings (SSSR count). The second kappa shape index (κ2) is 7.49. The molecule has 0 N–H and O–H groups in total. The van der Waals surface area contributed by atoms with Crippen LogP contribution in [0.4, 0.5) is 4.39 Å². The number of aromatic nitrogens is 4. The monoisotopic (exact) mass is 368 g/mol. The van der Waals surface area contributed by atoms with Gasteiger partial charge < -0.3 is 8.83 Å². The van der Waals surface area contributed by atoms with Crippen molar-refractivity contribution in [3.8, 4) is 11.5 Å². The molecule has 0 spiro atoms. The summed E-state index contributed by atoms with van der Waals surface area (Å²) in [6.45, 7) is 0. The maximum atomic E-state index is 13.0. The summed E-state index contributed by atoms with van der Waals surface area (Å²) in [7, 11) is 0. The minimum Gasteiger partial charge on any atom is -0.420 e. The molecule has 26 heavy (non-hydrogen) atoms. The van der Waals surface area contributed by atoms with Crippen LogP contribution in [0.1, 0.15) is 17.3 Å². The van der Waals surface area contributed by atoms with Crippen LogP contribution in [0, 0.1) is 5.82 Å². The van der Waals surface area contributed by atoms with Crippen molar-refractivity contribution in [2.45, 2.75) is 17.4 Å². The van der Waals surface area contributed by atoms with Crippen molar-refractivity contribution in [2.24, 2.45) is 0 Å². The van der Waals surface area contributed by atoms with Gasteiger partial charge in [0.2, 0.25) is 17.7 Å². The number of thioether (sulfide) groups is 1. The van der Waals surface area contributed by atoms with E-state index in [-0.39, 0.29) is 5.82 Å². The predicted octanol–water partition coefficient (Wildman–Crippen LogP) is 4.14. The van der Waals surface area contributed by atoms with Gasteiger partial charge in [-0.25, -0.2) is 4.39 Å². The highest BCUT2D eigenvalue weighted by molar-refractivity contribution is 7.98. The number of halogens is 1. The molecule has 4 aromatic rings. The Labute approximate surface area is 152 Å². The zero-order valence-electron chi connectivity index (χ0n) is 13.5. The number of hydrogen-bond acceptors (Lipinski definition) is 7. The first-order valence-corrected chi connectivity index (χ1v) is 8.82. The largest absolute Gasteiger partial charge is 0.420 e. The molecule has 0 fully saturated rings. The molecule has 0 aliphatic rings. The van der Waals surface area contributed by atoms with Gasteiger partial charge in [-0.05, 0) is 29.8 Å². The van der Waals surface area contributed by atoms with Crippen LogP contribution in [0.2, 0.25) is 0 Å². The molecule has 0 radical (unpaired) electrons. The van der Waals surface area contributed by atoms with Crippen LogP contribution in [0.5, 0.6) is 0 Å². The minimum atomic E-state index is -0.313. The summed E-state index contributed by atoms with van der Waals surface area (Å²) in [4.78, 5) is 0. The highest BCUT2D eigenvalue weighted by Crippen LogP contribution is 2.24. The molecule has 0 bridgehead atoms. The summed E-state index contributed by atoms with van der Waals surface area (Å²) in [6.07, 6.45) is 0.587. The first-order valence-electron chi connectivity index (χ1n) is 7.84. The van der Waals surface area contributed by atoms with E-state index in [0.29, 0.717) is 40.6 Å². The van der Waals surface area contributed by atoms with Crippen molar-refractivity contribution in [3.05, 3.63) is 77.8 Å². The van der Waals surface area contributed by atoms with E-state index in [1.54, 1.807) is 12.1 Å². The summed E-state index contributed by atoms with van der Waals surface area (Å²) in [5.74, 6) is 1.41. The van der Waals surface area contributed by atoms with Gasteiger partial charge in [-0.15, -0.1) is 20.4 Å². The number of nitrogens with zero attached hydrogens (tertiary/aromatic N) is 4. The summed E-state index contributed by atoms with van der Waals surface area (Å²) in [5, 5.41) is 16.5. The van der Waals surface area contributed by atoms with E-state index < -0.39 is 0 Å². The van der Waals surface area contributed by atoms with Crippen molar-refractivity contribution in [3.63, 3.8) is 0 Å². The molecule has 0 aliphatic carbocycles. The SMILES string of the molecule is Fc1ccc(-c2nnc(CSc3nnc(Cc4ccccc4)o3)o2)cc1. The number of benzene rings is 2. The Morgan fingerprint density at radius 1 is 0.808 bits per heavy atom. The third-order valence-corrected chi connectivity index (χ3v) is 4.33. The molecule has 0 atom stereocenters. The van der Waals surface area contributed by atoms with Crippen molar-refractivity contribution < 1.29 is 13.2 Å². The third kappa shape index (κ3) is 3.97. The lowest BCUT2D eigenvalue weighted by atomic mass is 10.2. The fourth-order valence-electron chi connectivity index (χ4n) is 2.28. The molecule has 6 nitrogen and oxygen atoms in total. The van der Waals surface area contributed by atoms with E-state index in [9.17, 15) is 4.39 Å². The van der Waals surface area contributed by atoms with E-state index in [1.807, 2.05) is 30.3 Å². The lowest BCUT2D eigenvalue weighted by Gasteiger charge is -1.95. The van der Waals surface area contributed by atoms with E-state index in [0.717, 1.165) is 5.56 Å². The summed E-state index contributed by atoms with van der Waals surface area (Å²) >= 11 is 1.32. The zero-order valence-corrected chi connectivity index (χ0v) is 14.3. The standard InChI is InChI=1S/C18H13FN4O2S/c19-14-8-6-13(7-9-14)17-22-21-16(24-17)11-26-18-23-20-15(25-18)10-12-4-2-1-3-5-12/h1-9H,10-11H2. The average Bonchev–Trinajstić information content (AvgIpc) is 3.31. The topological polar surface area (TPSA) is 77.8 Å². The van der Waals surface area contributed by atoms with Gasteiger partial charge in [0.15, 0.2) is 0 Å². The van der Waals surface area contributed by atoms with Gasteiger partial charge in [0.05, 0.1) is 12.2 Å². The van der Waals surface area contributed by atoms with Gasteiger partial charge in [-0.1, -0.05) is 42.1 Å². The quantitative estimate of drug-likeness (QED) is 0.473. The Morgan fingerprint density at radius 2 is 1.58 bits per heavy atom. The fraction of sp³-hybridized carbons (Fsp3) is 0.111. The van der Waals surface area contributed by atoms with Crippen LogP contribution < -0.4 is 0 Å². The normalized spacial score (nSPS) is 11.0. The van der Waals surface area contributed by atoms with Crippen LogP contribution in [-0.2, 0) is 12.2 Å². The van der Waals surface area contributed by atoms with Crippen LogP contribution in [0.3, 0.4) is 0 Å². The van der Waals surface area contributed by atoms with Gasteiger partial charge in [0.25, 0.3) is 5.22 Å². The zero-order chi connectivity index (χ0) is 17.8. The molecule has 0 aliphatic heterocycles.